The Balaban J connectivity index is 2.48. The number of rotatable bonds is 3. The zero-order valence-corrected chi connectivity index (χ0v) is 10.2. The molecule has 0 atom stereocenters. The Morgan fingerprint density at radius 3 is 2.71 bits per heavy atom. The number of carbonyl (C=O) groups is 1. The molecule has 1 aromatic heterocycles. The molecule has 4 heteroatoms. The summed E-state index contributed by atoms with van der Waals surface area (Å²) in [5.41, 5.74) is 1.55. The third-order valence-electron chi connectivity index (χ3n) is 2.24. The summed E-state index contributed by atoms with van der Waals surface area (Å²) in [5.74, 6) is -0.375. The van der Waals surface area contributed by atoms with E-state index < -0.39 is 0 Å². The van der Waals surface area contributed by atoms with Gasteiger partial charge in [0.05, 0.1) is 12.8 Å². The fourth-order valence-electron chi connectivity index (χ4n) is 1.41. The Morgan fingerprint density at radius 1 is 1.41 bits per heavy atom. The van der Waals surface area contributed by atoms with Crippen LogP contribution in [-0.4, -0.2) is 18.1 Å². The number of ether oxygens (including phenoxy) is 1. The predicted octanol–water partition coefficient (Wildman–Crippen LogP) is 3.24. The molecule has 0 N–H and O–H groups in total. The van der Waals surface area contributed by atoms with Crippen molar-refractivity contribution in [3.8, 4) is 10.6 Å². The second-order valence-corrected chi connectivity index (χ2v) is 4.29. The molecule has 0 spiro atoms. The molecule has 0 unspecified atom stereocenters. The van der Waals surface area contributed by atoms with Crippen LogP contribution < -0.4 is 0 Å². The van der Waals surface area contributed by atoms with Gasteiger partial charge >= 0.3 is 5.97 Å². The molecule has 0 radical (unpaired) electrons. The van der Waals surface area contributed by atoms with Crippen LogP contribution in [-0.2, 0) is 4.74 Å². The minimum absolute atomic E-state index is 0.375. The van der Waals surface area contributed by atoms with E-state index in [-0.39, 0.29) is 5.97 Å². The van der Waals surface area contributed by atoms with Gasteiger partial charge in [0.2, 0.25) is 0 Å². The van der Waals surface area contributed by atoms with Gasteiger partial charge in [-0.05, 0) is 6.08 Å². The molecule has 0 amide bonds. The zero-order valence-electron chi connectivity index (χ0n) is 9.34. The van der Waals surface area contributed by atoms with E-state index in [1.54, 1.807) is 6.08 Å². The molecule has 3 nitrogen and oxygen atoms in total. The van der Waals surface area contributed by atoms with E-state index in [0.29, 0.717) is 10.6 Å². The molecule has 0 saturated heterocycles. The second kappa shape index (κ2) is 4.93. The lowest BCUT2D eigenvalue weighted by atomic mass is 10.2. The van der Waals surface area contributed by atoms with E-state index in [0.717, 1.165) is 10.6 Å². The van der Waals surface area contributed by atoms with E-state index in [2.05, 4.69) is 11.6 Å². The van der Waals surface area contributed by atoms with Gasteiger partial charge in [-0.1, -0.05) is 36.9 Å². The quantitative estimate of drug-likeness (QED) is 0.779. The molecule has 0 aliphatic carbocycles. The maximum Gasteiger partial charge on any atom is 0.350 e. The maximum absolute atomic E-state index is 11.5. The van der Waals surface area contributed by atoms with E-state index in [9.17, 15) is 4.79 Å². The van der Waals surface area contributed by atoms with E-state index in [1.165, 1.54) is 18.4 Å². The van der Waals surface area contributed by atoms with Gasteiger partial charge in [0.15, 0.2) is 0 Å². The molecule has 1 heterocycles. The van der Waals surface area contributed by atoms with Crippen molar-refractivity contribution in [2.45, 2.75) is 0 Å². The maximum atomic E-state index is 11.5. The number of esters is 1. The summed E-state index contributed by atoms with van der Waals surface area (Å²) < 4.78 is 4.71. The SMILES string of the molecule is C=Cc1nc(-c2ccccc2)sc1C(=O)OC. The van der Waals surface area contributed by atoms with Gasteiger partial charge in [0.1, 0.15) is 9.88 Å². The zero-order chi connectivity index (χ0) is 12.3. The molecule has 0 aliphatic rings. The van der Waals surface area contributed by atoms with Crippen LogP contribution in [0.25, 0.3) is 16.6 Å². The first-order valence-corrected chi connectivity index (χ1v) is 5.85. The first-order valence-electron chi connectivity index (χ1n) is 5.03. The first kappa shape index (κ1) is 11.5. The molecule has 2 rings (SSSR count). The molecular formula is C13H11NO2S. The number of hydrogen-bond donors (Lipinski definition) is 0. The van der Waals surface area contributed by atoms with Crippen molar-refractivity contribution in [2.24, 2.45) is 0 Å². The highest BCUT2D eigenvalue weighted by Crippen LogP contribution is 2.28. The fraction of sp³-hybridized carbons (Fsp3) is 0.0769. The Bertz CT molecular complexity index is 546. The molecule has 1 aromatic carbocycles. The van der Waals surface area contributed by atoms with Crippen LogP contribution in [0.3, 0.4) is 0 Å². The fourth-order valence-corrected chi connectivity index (χ4v) is 2.40. The summed E-state index contributed by atoms with van der Waals surface area (Å²) in [5, 5.41) is 0.793. The number of methoxy groups -OCH3 is 1. The third-order valence-corrected chi connectivity index (χ3v) is 3.34. The van der Waals surface area contributed by atoms with E-state index >= 15 is 0 Å². The smallest absolute Gasteiger partial charge is 0.350 e. The molecule has 86 valence electrons. The molecule has 2 aromatic rings. The normalized spacial score (nSPS) is 9.94. The Kier molecular flexibility index (Phi) is 3.35. The number of thiazole rings is 1. The van der Waals surface area contributed by atoms with Crippen molar-refractivity contribution in [3.05, 3.63) is 47.5 Å². The van der Waals surface area contributed by atoms with Crippen molar-refractivity contribution in [1.29, 1.82) is 0 Å². The van der Waals surface area contributed by atoms with Crippen LogP contribution in [0.1, 0.15) is 15.4 Å². The summed E-state index contributed by atoms with van der Waals surface area (Å²) in [6, 6.07) is 9.70. The highest BCUT2D eigenvalue weighted by Gasteiger charge is 2.17. The average Bonchev–Trinajstić information content (AvgIpc) is 2.83. The lowest BCUT2D eigenvalue weighted by Crippen LogP contribution is -1.99. The van der Waals surface area contributed by atoms with Crippen molar-refractivity contribution in [3.63, 3.8) is 0 Å². The minimum atomic E-state index is -0.375. The van der Waals surface area contributed by atoms with Gasteiger partial charge in [-0.3, -0.25) is 0 Å². The topological polar surface area (TPSA) is 39.2 Å². The van der Waals surface area contributed by atoms with Crippen LogP contribution >= 0.6 is 11.3 Å². The van der Waals surface area contributed by atoms with Crippen LogP contribution in [0.4, 0.5) is 0 Å². The molecule has 17 heavy (non-hydrogen) atoms. The second-order valence-electron chi connectivity index (χ2n) is 3.30. The number of hydrogen-bond acceptors (Lipinski definition) is 4. The lowest BCUT2D eigenvalue weighted by Gasteiger charge is -1.94. The first-order chi connectivity index (χ1) is 8.26. The van der Waals surface area contributed by atoms with Gasteiger partial charge in [-0.25, -0.2) is 9.78 Å². The van der Waals surface area contributed by atoms with Crippen LogP contribution in [0.15, 0.2) is 36.9 Å². The van der Waals surface area contributed by atoms with Gasteiger partial charge in [0, 0.05) is 5.56 Å². The number of nitrogens with zero attached hydrogens (tertiary/aromatic N) is 1. The van der Waals surface area contributed by atoms with Crippen LogP contribution in [0.2, 0.25) is 0 Å². The van der Waals surface area contributed by atoms with Gasteiger partial charge in [0.25, 0.3) is 0 Å². The summed E-state index contributed by atoms with van der Waals surface area (Å²) in [4.78, 5) is 16.4. The van der Waals surface area contributed by atoms with Gasteiger partial charge in [-0.2, -0.15) is 0 Å². The molecular weight excluding hydrogens is 234 g/mol. The molecule has 0 aliphatic heterocycles. The largest absolute Gasteiger partial charge is 0.465 e. The minimum Gasteiger partial charge on any atom is -0.465 e. The standard InChI is InChI=1S/C13H11NO2S/c1-3-10-11(13(15)16-2)17-12(14-10)9-7-5-4-6-8-9/h3-8H,1H2,2H3. The van der Waals surface area contributed by atoms with Gasteiger partial charge in [-0.15, -0.1) is 11.3 Å². The predicted molar refractivity (Wildman–Crippen MR) is 69.0 cm³/mol. The average molecular weight is 245 g/mol. The summed E-state index contributed by atoms with van der Waals surface area (Å²) in [6.07, 6.45) is 1.56. The lowest BCUT2D eigenvalue weighted by molar-refractivity contribution is 0.0606. The number of carbonyl (C=O) groups excluding carboxylic acids is 1. The summed E-state index contributed by atoms with van der Waals surface area (Å²) in [6.45, 7) is 3.65. The van der Waals surface area contributed by atoms with Crippen molar-refractivity contribution in [1.82, 2.24) is 4.98 Å². The number of benzene rings is 1. The molecule has 0 bridgehead atoms. The molecule has 0 fully saturated rings. The summed E-state index contributed by atoms with van der Waals surface area (Å²) in [7, 11) is 1.36. The van der Waals surface area contributed by atoms with Crippen molar-refractivity contribution in [2.75, 3.05) is 7.11 Å². The highest BCUT2D eigenvalue weighted by molar-refractivity contribution is 7.17. The highest BCUT2D eigenvalue weighted by atomic mass is 32.1. The van der Waals surface area contributed by atoms with Crippen LogP contribution in [0.5, 0.6) is 0 Å². The Hall–Kier alpha value is -1.94. The summed E-state index contributed by atoms with van der Waals surface area (Å²) >= 11 is 1.31. The molecule has 0 saturated carbocycles. The van der Waals surface area contributed by atoms with Crippen molar-refractivity contribution >= 4 is 23.4 Å². The van der Waals surface area contributed by atoms with E-state index in [1.807, 2.05) is 30.3 Å². The van der Waals surface area contributed by atoms with E-state index in [4.69, 9.17) is 4.74 Å². The Morgan fingerprint density at radius 2 is 2.12 bits per heavy atom. The van der Waals surface area contributed by atoms with Gasteiger partial charge < -0.3 is 4.74 Å². The monoisotopic (exact) mass is 245 g/mol. The number of aromatic nitrogens is 1. The Labute approximate surface area is 103 Å². The third kappa shape index (κ3) is 2.26. The van der Waals surface area contributed by atoms with Crippen LogP contribution in [0, 0.1) is 0 Å². The van der Waals surface area contributed by atoms with Crippen molar-refractivity contribution < 1.29 is 9.53 Å².